The van der Waals surface area contributed by atoms with Gasteiger partial charge in [0.1, 0.15) is 36.5 Å². The van der Waals surface area contributed by atoms with Gasteiger partial charge in [-0.3, -0.25) is 0 Å². The molecule has 0 saturated carbocycles. The first-order valence-electron chi connectivity index (χ1n) is 9.63. The Hall–Kier alpha value is -3.64. The van der Waals surface area contributed by atoms with E-state index in [1.165, 1.54) is 24.5 Å². The fourth-order valence-corrected chi connectivity index (χ4v) is 4.25. The molecule has 0 N–H and O–H groups in total. The number of nitrogens with zero attached hydrogens (tertiary/aromatic N) is 2. The SMILES string of the molecule is C=CC(=O)OCCOC(=O)c1cccnc1SSc1ncccc1C(=O)OCCOC(=O)C=C. The fourth-order valence-electron chi connectivity index (χ4n) is 2.13. The second kappa shape index (κ2) is 14.5. The molecular weight excluding hydrogens is 484 g/mol. The first-order valence-corrected chi connectivity index (χ1v) is 11.8. The number of hydrogen-bond acceptors (Lipinski definition) is 12. The molecule has 0 aliphatic heterocycles. The average Bonchev–Trinajstić information content (AvgIpc) is 2.87. The predicted molar refractivity (Wildman–Crippen MR) is 123 cm³/mol. The van der Waals surface area contributed by atoms with E-state index in [2.05, 4.69) is 23.1 Å². The lowest BCUT2D eigenvalue weighted by Crippen LogP contribution is -2.14. The average molecular weight is 505 g/mol. The Bertz CT molecular complexity index is 977. The highest BCUT2D eigenvalue weighted by atomic mass is 33.1. The molecule has 12 heteroatoms. The maximum atomic E-state index is 12.4. The van der Waals surface area contributed by atoms with Crippen LogP contribution in [0.15, 0.2) is 72.0 Å². The summed E-state index contributed by atoms with van der Waals surface area (Å²) in [5, 5.41) is 0.670. The monoisotopic (exact) mass is 504 g/mol. The Balaban J connectivity index is 1.97. The zero-order valence-electron chi connectivity index (χ0n) is 17.8. The lowest BCUT2D eigenvalue weighted by Gasteiger charge is -2.10. The standard InChI is InChI=1S/C22H20N2O8S2/c1-3-17(25)29-11-13-31-21(27)15-7-5-9-23-19(15)33-34-20-16(8-6-10-24-20)22(28)32-14-12-30-18(26)4-2/h3-10H,1-2,11-14H2. The molecule has 0 radical (unpaired) electrons. The first kappa shape index (κ1) is 26.6. The van der Waals surface area contributed by atoms with Crippen molar-refractivity contribution in [3.8, 4) is 0 Å². The minimum Gasteiger partial charge on any atom is -0.459 e. The van der Waals surface area contributed by atoms with E-state index in [1.807, 2.05) is 0 Å². The maximum Gasteiger partial charge on any atom is 0.341 e. The van der Waals surface area contributed by atoms with Crippen LogP contribution in [0.2, 0.25) is 0 Å². The van der Waals surface area contributed by atoms with Crippen molar-refractivity contribution in [3.05, 3.63) is 73.1 Å². The van der Waals surface area contributed by atoms with E-state index in [0.717, 1.165) is 33.7 Å². The Labute approximate surface area is 203 Å². The number of aromatic nitrogens is 2. The van der Waals surface area contributed by atoms with Crippen LogP contribution in [0.4, 0.5) is 0 Å². The second-order valence-corrected chi connectivity index (χ2v) is 8.00. The number of pyridine rings is 2. The third-order valence-electron chi connectivity index (χ3n) is 3.64. The van der Waals surface area contributed by atoms with Gasteiger partial charge in [-0.15, -0.1) is 0 Å². The van der Waals surface area contributed by atoms with Crippen LogP contribution in [0.25, 0.3) is 0 Å². The Morgan fingerprint density at radius 1 is 0.706 bits per heavy atom. The molecule has 0 unspecified atom stereocenters. The zero-order chi connectivity index (χ0) is 24.8. The molecular formula is C22H20N2O8S2. The summed E-state index contributed by atoms with van der Waals surface area (Å²) in [6, 6.07) is 6.22. The van der Waals surface area contributed by atoms with Crippen LogP contribution in [0.3, 0.4) is 0 Å². The molecule has 0 bridgehead atoms. The van der Waals surface area contributed by atoms with E-state index in [9.17, 15) is 19.2 Å². The molecule has 0 aliphatic carbocycles. The largest absolute Gasteiger partial charge is 0.459 e. The van der Waals surface area contributed by atoms with Crippen molar-refractivity contribution in [1.82, 2.24) is 9.97 Å². The maximum absolute atomic E-state index is 12.4. The third kappa shape index (κ3) is 8.71. The molecule has 2 heterocycles. The van der Waals surface area contributed by atoms with Crippen LogP contribution in [0.1, 0.15) is 20.7 Å². The zero-order valence-corrected chi connectivity index (χ0v) is 19.5. The summed E-state index contributed by atoms with van der Waals surface area (Å²) in [6.07, 6.45) is 5.02. The van der Waals surface area contributed by atoms with Crippen LogP contribution in [0, 0.1) is 0 Å². The van der Waals surface area contributed by atoms with Crippen LogP contribution in [-0.2, 0) is 28.5 Å². The van der Waals surface area contributed by atoms with Crippen LogP contribution in [-0.4, -0.2) is 60.3 Å². The quantitative estimate of drug-likeness (QED) is 0.131. The van der Waals surface area contributed by atoms with Crippen molar-refractivity contribution in [2.75, 3.05) is 26.4 Å². The van der Waals surface area contributed by atoms with Crippen LogP contribution >= 0.6 is 21.6 Å². The van der Waals surface area contributed by atoms with Gasteiger partial charge in [-0.05, 0) is 45.9 Å². The Morgan fingerprint density at radius 3 is 1.47 bits per heavy atom. The van der Waals surface area contributed by atoms with Crippen molar-refractivity contribution in [2.45, 2.75) is 10.1 Å². The number of carbonyl (C=O) groups excluding carboxylic acids is 4. The third-order valence-corrected chi connectivity index (χ3v) is 5.88. The van der Waals surface area contributed by atoms with Gasteiger partial charge in [-0.25, -0.2) is 29.1 Å². The molecule has 0 saturated heterocycles. The van der Waals surface area contributed by atoms with E-state index in [0.29, 0.717) is 10.1 Å². The molecule has 0 spiro atoms. The lowest BCUT2D eigenvalue weighted by molar-refractivity contribution is -0.139. The van der Waals surface area contributed by atoms with Crippen molar-refractivity contribution in [2.24, 2.45) is 0 Å². The smallest absolute Gasteiger partial charge is 0.341 e. The van der Waals surface area contributed by atoms with Gasteiger partial charge in [0.15, 0.2) is 0 Å². The van der Waals surface area contributed by atoms with Crippen LogP contribution in [0.5, 0.6) is 0 Å². The first-order chi connectivity index (χ1) is 16.5. The molecule has 0 atom stereocenters. The number of rotatable bonds is 13. The molecule has 2 aromatic rings. The van der Waals surface area contributed by atoms with E-state index in [-0.39, 0.29) is 37.6 Å². The summed E-state index contributed by atoms with van der Waals surface area (Å²) >= 11 is 0. The van der Waals surface area contributed by atoms with E-state index in [4.69, 9.17) is 18.9 Å². The van der Waals surface area contributed by atoms with Gasteiger partial charge in [0.25, 0.3) is 0 Å². The van der Waals surface area contributed by atoms with Gasteiger partial charge >= 0.3 is 23.9 Å². The minimum absolute atomic E-state index is 0.111. The van der Waals surface area contributed by atoms with Crippen LogP contribution < -0.4 is 0 Å². The highest BCUT2D eigenvalue weighted by molar-refractivity contribution is 8.76. The molecule has 34 heavy (non-hydrogen) atoms. The molecule has 0 aromatic carbocycles. The summed E-state index contributed by atoms with van der Waals surface area (Å²) in [5.74, 6) is -2.54. The molecule has 0 fully saturated rings. The topological polar surface area (TPSA) is 131 Å². The molecule has 2 rings (SSSR count). The number of hydrogen-bond donors (Lipinski definition) is 0. The van der Waals surface area contributed by atoms with Crippen molar-refractivity contribution in [1.29, 1.82) is 0 Å². The Morgan fingerprint density at radius 2 is 1.09 bits per heavy atom. The van der Waals surface area contributed by atoms with E-state index in [1.54, 1.807) is 12.1 Å². The number of esters is 4. The minimum atomic E-state index is -0.652. The predicted octanol–water partition coefficient (Wildman–Crippen LogP) is 3.05. The van der Waals surface area contributed by atoms with Gasteiger partial charge in [-0.1, -0.05) is 13.2 Å². The van der Waals surface area contributed by atoms with Crippen molar-refractivity contribution >= 4 is 45.5 Å². The highest BCUT2D eigenvalue weighted by Gasteiger charge is 2.19. The van der Waals surface area contributed by atoms with Gasteiger partial charge < -0.3 is 18.9 Å². The van der Waals surface area contributed by atoms with E-state index >= 15 is 0 Å². The Kier molecular flexibility index (Phi) is 11.3. The second-order valence-electron chi connectivity index (χ2n) is 5.89. The number of carbonyl (C=O) groups is 4. The van der Waals surface area contributed by atoms with Crippen molar-refractivity contribution in [3.63, 3.8) is 0 Å². The number of ether oxygens (including phenoxy) is 4. The highest BCUT2D eigenvalue weighted by Crippen LogP contribution is 2.38. The fraction of sp³-hybridized carbons (Fsp3) is 0.182. The lowest BCUT2D eigenvalue weighted by atomic mass is 10.3. The van der Waals surface area contributed by atoms with Gasteiger partial charge in [0.2, 0.25) is 0 Å². The summed E-state index contributed by atoms with van der Waals surface area (Å²) < 4.78 is 19.7. The molecule has 2 aromatic heterocycles. The normalized spacial score (nSPS) is 10.0. The molecule has 0 amide bonds. The van der Waals surface area contributed by atoms with E-state index < -0.39 is 23.9 Å². The van der Waals surface area contributed by atoms with Crippen molar-refractivity contribution < 1.29 is 38.1 Å². The summed E-state index contributed by atoms with van der Waals surface area (Å²) in [7, 11) is 2.20. The summed E-state index contributed by atoms with van der Waals surface area (Å²) in [5.41, 5.74) is 0.387. The summed E-state index contributed by atoms with van der Waals surface area (Å²) in [4.78, 5) is 55.2. The molecule has 10 nitrogen and oxygen atoms in total. The molecule has 178 valence electrons. The summed E-state index contributed by atoms with van der Waals surface area (Å²) in [6.45, 7) is 6.05. The molecule has 0 aliphatic rings. The van der Waals surface area contributed by atoms with Gasteiger partial charge in [-0.2, -0.15) is 0 Å². The van der Waals surface area contributed by atoms with Gasteiger partial charge in [0.05, 0.1) is 11.1 Å². The van der Waals surface area contributed by atoms with Gasteiger partial charge in [0, 0.05) is 24.5 Å².